The number of nitrogens with zero attached hydrogens (tertiary/aromatic N) is 1. The fourth-order valence-corrected chi connectivity index (χ4v) is 3.79. The quantitative estimate of drug-likeness (QED) is 0.206. The summed E-state index contributed by atoms with van der Waals surface area (Å²) in [5.41, 5.74) is 3.52. The van der Waals surface area contributed by atoms with Crippen LogP contribution in [0.3, 0.4) is 0 Å². The van der Waals surface area contributed by atoms with Gasteiger partial charge in [-0.3, -0.25) is 4.79 Å². The average Bonchev–Trinajstić information content (AvgIpc) is 3.22. The molecule has 0 saturated heterocycles. The maximum Gasteiger partial charge on any atom is 0.363 e. The van der Waals surface area contributed by atoms with Crippen molar-refractivity contribution in [2.75, 3.05) is 6.61 Å². The summed E-state index contributed by atoms with van der Waals surface area (Å²) in [5, 5.41) is 0.194. The van der Waals surface area contributed by atoms with Crippen LogP contribution in [-0.4, -0.2) is 24.4 Å². The van der Waals surface area contributed by atoms with Crippen molar-refractivity contribution in [1.29, 1.82) is 0 Å². The molecular formula is C28H24ClNO5. The number of halogens is 1. The van der Waals surface area contributed by atoms with Crippen molar-refractivity contribution in [2.45, 2.75) is 26.7 Å². The second kappa shape index (κ2) is 11.0. The van der Waals surface area contributed by atoms with Crippen LogP contribution in [0, 0.1) is 0 Å². The second-order valence-electron chi connectivity index (χ2n) is 7.77. The standard InChI is InChI=1S/C28H24ClNO5/c1-3-8-25(31)34-26-22(29)15-18(17-24(26)33-4-2)16-23-28(32)35-27(30-23)21-13-11-20(12-14-21)19-9-6-5-7-10-19/h5-7,9-17H,3-4,8H2,1-2H3/b23-16-. The molecular weight excluding hydrogens is 466 g/mol. The highest BCUT2D eigenvalue weighted by atomic mass is 35.5. The third-order valence-electron chi connectivity index (χ3n) is 5.16. The highest BCUT2D eigenvalue weighted by molar-refractivity contribution is 6.32. The van der Waals surface area contributed by atoms with Gasteiger partial charge in [-0.2, -0.15) is 0 Å². The molecule has 4 rings (SSSR count). The molecule has 1 heterocycles. The van der Waals surface area contributed by atoms with E-state index in [1.54, 1.807) is 18.2 Å². The first-order valence-electron chi connectivity index (χ1n) is 11.3. The number of carbonyl (C=O) groups excluding carboxylic acids is 2. The molecule has 6 nitrogen and oxygen atoms in total. The lowest BCUT2D eigenvalue weighted by atomic mass is 10.0. The molecule has 3 aromatic carbocycles. The van der Waals surface area contributed by atoms with E-state index in [1.807, 2.05) is 68.4 Å². The van der Waals surface area contributed by atoms with Gasteiger partial charge in [0.1, 0.15) is 0 Å². The smallest absolute Gasteiger partial charge is 0.363 e. The lowest BCUT2D eigenvalue weighted by Crippen LogP contribution is -2.09. The molecule has 0 spiro atoms. The van der Waals surface area contributed by atoms with Crippen molar-refractivity contribution in [3.8, 4) is 22.6 Å². The summed E-state index contributed by atoms with van der Waals surface area (Å²) in [7, 11) is 0. The monoisotopic (exact) mass is 489 g/mol. The van der Waals surface area contributed by atoms with Crippen LogP contribution in [0.15, 0.2) is 77.4 Å². The molecule has 0 aliphatic carbocycles. The third kappa shape index (κ3) is 5.78. The molecule has 35 heavy (non-hydrogen) atoms. The number of hydrogen-bond donors (Lipinski definition) is 0. The molecule has 178 valence electrons. The fourth-order valence-electron chi connectivity index (χ4n) is 3.53. The zero-order valence-corrected chi connectivity index (χ0v) is 20.2. The molecule has 0 aromatic heterocycles. The Morgan fingerprint density at radius 3 is 2.37 bits per heavy atom. The van der Waals surface area contributed by atoms with Gasteiger partial charge in [0.25, 0.3) is 0 Å². The van der Waals surface area contributed by atoms with Crippen molar-refractivity contribution in [3.05, 3.63) is 88.6 Å². The zero-order chi connectivity index (χ0) is 24.8. The van der Waals surface area contributed by atoms with Gasteiger partial charge < -0.3 is 14.2 Å². The first-order valence-corrected chi connectivity index (χ1v) is 11.7. The molecule has 0 N–H and O–H groups in total. The molecule has 0 fully saturated rings. The predicted octanol–water partition coefficient (Wildman–Crippen LogP) is 6.46. The highest BCUT2D eigenvalue weighted by Crippen LogP contribution is 2.38. The third-order valence-corrected chi connectivity index (χ3v) is 5.45. The van der Waals surface area contributed by atoms with Crippen LogP contribution in [0.5, 0.6) is 11.5 Å². The molecule has 0 amide bonds. The highest BCUT2D eigenvalue weighted by Gasteiger charge is 2.25. The Morgan fingerprint density at radius 1 is 1.00 bits per heavy atom. The van der Waals surface area contributed by atoms with Crippen molar-refractivity contribution < 1.29 is 23.8 Å². The van der Waals surface area contributed by atoms with Crippen LogP contribution in [0.2, 0.25) is 5.02 Å². The number of ether oxygens (including phenoxy) is 3. The van der Waals surface area contributed by atoms with E-state index in [0.29, 0.717) is 29.9 Å². The maximum atomic E-state index is 12.5. The first kappa shape index (κ1) is 24.2. The molecule has 7 heteroatoms. The van der Waals surface area contributed by atoms with E-state index in [9.17, 15) is 9.59 Å². The predicted molar refractivity (Wildman–Crippen MR) is 136 cm³/mol. The van der Waals surface area contributed by atoms with Crippen molar-refractivity contribution >= 4 is 35.5 Å². The lowest BCUT2D eigenvalue weighted by Gasteiger charge is -2.13. The summed E-state index contributed by atoms with van der Waals surface area (Å²) in [6, 6.07) is 20.8. The molecule has 3 aromatic rings. The SMILES string of the molecule is CCCC(=O)Oc1c(Cl)cc(/C=C2\N=C(c3ccc(-c4ccccc4)cc3)OC2=O)cc1OCC. The number of aliphatic imine (C=N–C) groups is 1. The minimum absolute atomic E-state index is 0.126. The van der Waals surface area contributed by atoms with Crippen LogP contribution in [0.1, 0.15) is 37.8 Å². The van der Waals surface area contributed by atoms with E-state index in [4.69, 9.17) is 25.8 Å². The summed E-state index contributed by atoms with van der Waals surface area (Å²) in [6.07, 6.45) is 2.48. The van der Waals surface area contributed by atoms with Crippen molar-refractivity contribution in [1.82, 2.24) is 0 Å². The van der Waals surface area contributed by atoms with Gasteiger partial charge in [0, 0.05) is 12.0 Å². The largest absolute Gasteiger partial charge is 0.490 e. The van der Waals surface area contributed by atoms with Crippen LogP contribution in [0.25, 0.3) is 17.2 Å². The molecule has 0 atom stereocenters. The van der Waals surface area contributed by atoms with Gasteiger partial charge in [-0.15, -0.1) is 0 Å². The summed E-state index contributed by atoms with van der Waals surface area (Å²) in [4.78, 5) is 28.8. The topological polar surface area (TPSA) is 74.2 Å². The Bertz CT molecular complexity index is 1300. The molecule has 0 unspecified atom stereocenters. The van der Waals surface area contributed by atoms with Crippen LogP contribution >= 0.6 is 11.6 Å². The molecule has 1 aliphatic heterocycles. The zero-order valence-electron chi connectivity index (χ0n) is 19.4. The normalized spacial score (nSPS) is 14.0. The molecule has 0 saturated carbocycles. The van der Waals surface area contributed by atoms with Crippen molar-refractivity contribution in [2.24, 2.45) is 4.99 Å². The van der Waals surface area contributed by atoms with E-state index in [2.05, 4.69) is 4.99 Å². The number of esters is 2. The van der Waals surface area contributed by atoms with Gasteiger partial charge in [-0.1, -0.05) is 61.0 Å². The van der Waals surface area contributed by atoms with Gasteiger partial charge in [-0.25, -0.2) is 9.79 Å². The fraction of sp³-hybridized carbons (Fsp3) is 0.179. The van der Waals surface area contributed by atoms with Crippen LogP contribution in [-0.2, 0) is 14.3 Å². The minimum Gasteiger partial charge on any atom is -0.490 e. The number of rotatable bonds is 8. The summed E-state index contributed by atoms with van der Waals surface area (Å²) in [5.74, 6) is -0.274. The van der Waals surface area contributed by atoms with Crippen molar-refractivity contribution in [3.63, 3.8) is 0 Å². The van der Waals surface area contributed by atoms with E-state index < -0.39 is 11.9 Å². The summed E-state index contributed by atoms with van der Waals surface area (Å²) in [6.45, 7) is 4.04. The lowest BCUT2D eigenvalue weighted by molar-refractivity contribution is -0.134. The first-order chi connectivity index (χ1) is 17.0. The Labute approximate surface area is 208 Å². The van der Waals surface area contributed by atoms with E-state index in [1.165, 1.54) is 0 Å². The van der Waals surface area contributed by atoms with E-state index in [0.717, 1.165) is 11.1 Å². The Hall–Kier alpha value is -3.90. The van der Waals surface area contributed by atoms with Gasteiger partial charge in [0.05, 0.1) is 11.6 Å². The number of carbonyl (C=O) groups is 2. The summed E-state index contributed by atoms with van der Waals surface area (Å²) >= 11 is 6.39. The van der Waals surface area contributed by atoms with Gasteiger partial charge >= 0.3 is 11.9 Å². The molecule has 0 bridgehead atoms. The van der Waals surface area contributed by atoms with E-state index >= 15 is 0 Å². The van der Waals surface area contributed by atoms with E-state index in [-0.39, 0.29) is 28.8 Å². The second-order valence-corrected chi connectivity index (χ2v) is 8.17. The Kier molecular flexibility index (Phi) is 7.63. The van der Waals surface area contributed by atoms with Crippen LogP contribution in [0.4, 0.5) is 0 Å². The Balaban J connectivity index is 1.60. The molecule has 1 aliphatic rings. The minimum atomic E-state index is -0.570. The number of cyclic esters (lactones) is 1. The average molecular weight is 490 g/mol. The number of benzene rings is 3. The van der Waals surface area contributed by atoms with Gasteiger partial charge in [-0.05, 0) is 60.4 Å². The van der Waals surface area contributed by atoms with Gasteiger partial charge in [0.15, 0.2) is 17.2 Å². The maximum absolute atomic E-state index is 12.5. The number of hydrogen-bond acceptors (Lipinski definition) is 6. The Morgan fingerprint density at radius 2 is 1.69 bits per heavy atom. The van der Waals surface area contributed by atoms with Crippen LogP contribution < -0.4 is 9.47 Å². The molecule has 0 radical (unpaired) electrons. The summed E-state index contributed by atoms with van der Waals surface area (Å²) < 4.78 is 16.4. The van der Waals surface area contributed by atoms with Gasteiger partial charge in [0.2, 0.25) is 5.90 Å².